The lowest BCUT2D eigenvalue weighted by atomic mass is 10.00. The van der Waals surface area contributed by atoms with Crippen LogP contribution in [-0.2, 0) is 4.57 Å². The highest BCUT2D eigenvalue weighted by Gasteiger charge is 2.41. The second-order valence-electron chi connectivity index (χ2n) is 5.31. The minimum atomic E-state index is -2.07. The van der Waals surface area contributed by atoms with E-state index in [4.69, 9.17) is 0 Å². The Morgan fingerprint density at radius 2 is 1.19 bits per heavy atom. The summed E-state index contributed by atoms with van der Waals surface area (Å²) in [5.74, 6) is 0. The van der Waals surface area contributed by atoms with Crippen molar-refractivity contribution in [1.29, 1.82) is 0 Å². The maximum atomic E-state index is 13.2. The Bertz CT molecular complexity index is 236. The van der Waals surface area contributed by atoms with E-state index in [9.17, 15) is 4.57 Å². The molecule has 0 amide bonds. The van der Waals surface area contributed by atoms with Crippen molar-refractivity contribution < 1.29 is 4.57 Å². The van der Waals surface area contributed by atoms with Crippen LogP contribution in [0, 0.1) is 0 Å². The Hall–Kier alpha value is 0.930. The zero-order valence-corrected chi connectivity index (χ0v) is 12.5. The summed E-state index contributed by atoms with van der Waals surface area (Å²) < 4.78 is 13.2. The maximum Gasteiger partial charge on any atom is 0.154 e. The van der Waals surface area contributed by atoms with Crippen LogP contribution in [0.15, 0.2) is 0 Å². The Morgan fingerprint density at radius 3 is 1.50 bits per heavy atom. The van der Waals surface area contributed by atoms with Gasteiger partial charge in [0.25, 0.3) is 0 Å². The Labute approximate surface area is 108 Å². The third-order valence-corrected chi connectivity index (χ3v) is 12.5. The van der Waals surface area contributed by atoms with E-state index in [2.05, 4.69) is 11.7 Å². The molecule has 16 heavy (non-hydrogen) atoms. The van der Waals surface area contributed by atoms with E-state index in [0.717, 1.165) is 0 Å². The van der Waals surface area contributed by atoms with E-state index in [0.29, 0.717) is 11.3 Å². The molecule has 4 heteroatoms. The van der Waals surface area contributed by atoms with Gasteiger partial charge in [0.05, 0.1) is 0 Å². The molecule has 0 aliphatic heterocycles. The van der Waals surface area contributed by atoms with E-state index < -0.39 is 6.34 Å². The van der Waals surface area contributed by atoms with Crippen LogP contribution in [0.4, 0.5) is 0 Å². The molecule has 2 rings (SSSR count). The van der Waals surface area contributed by atoms with Crippen LogP contribution in [0.25, 0.3) is 0 Å². The van der Waals surface area contributed by atoms with E-state index in [-0.39, 0.29) is 0 Å². The number of thiol groups is 1. The Balaban J connectivity index is 2.06. The van der Waals surface area contributed by atoms with Gasteiger partial charge in [0.2, 0.25) is 0 Å². The quantitative estimate of drug-likeness (QED) is 0.416. The molecule has 2 aliphatic carbocycles. The molecule has 2 aliphatic rings. The van der Waals surface area contributed by atoms with Gasteiger partial charge in [-0.2, -0.15) is 0 Å². The molecular formula is C12H23OPS2. The maximum absolute atomic E-state index is 13.2. The van der Waals surface area contributed by atoms with Gasteiger partial charge in [-0.3, -0.25) is 0 Å². The standard InChI is InChI=1S/C12H23OPS2/c13-14(16-15,11-7-3-1-4-8-11)12-9-5-2-6-10-12/h11-12,15H,1-10H2. The second kappa shape index (κ2) is 6.20. The molecule has 0 aromatic heterocycles. The van der Waals surface area contributed by atoms with Crippen molar-refractivity contribution in [3.63, 3.8) is 0 Å². The zero-order chi connectivity index (χ0) is 11.4. The highest BCUT2D eigenvalue weighted by Crippen LogP contribution is 2.72. The predicted octanol–water partition coefficient (Wildman–Crippen LogP) is 5.51. The molecule has 94 valence electrons. The number of rotatable bonds is 3. The first-order valence-electron chi connectivity index (χ1n) is 6.70. The van der Waals surface area contributed by atoms with Crippen LogP contribution in [-0.4, -0.2) is 11.3 Å². The molecule has 0 spiro atoms. The predicted molar refractivity (Wildman–Crippen MR) is 77.9 cm³/mol. The number of hydrogen-bond donors (Lipinski definition) is 1. The lowest BCUT2D eigenvalue weighted by Crippen LogP contribution is -2.21. The zero-order valence-electron chi connectivity index (χ0n) is 9.94. The van der Waals surface area contributed by atoms with Crippen molar-refractivity contribution >= 4 is 28.4 Å². The van der Waals surface area contributed by atoms with Crippen LogP contribution in [0.5, 0.6) is 0 Å². The van der Waals surface area contributed by atoms with Crippen molar-refractivity contribution in [2.24, 2.45) is 0 Å². The molecule has 0 radical (unpaired) electrons. The van der Waals surface area contributed by atoms with Gasteiger partial charge < -0.3 is 4.57 Å². The minimum Gasteiger partial charge on any atom is -0.311 e. The van der Waals surface area contributed by atoms with Gasteiger partial charge in [0.15, 0.2) is 6.34 Å². The Kier molecular flexibility index (Phi) is 5.18. The fourth-order valence-electron chi connectivity index (χ4n) is 3.31. The highest BCUT2D eigenvalue weighted by molar-refractivity contribution is 8.95. The van der Waals surface area contributed by atoms with E-state index >= 15 is 0 Å². The first-order valence-corrected chi connectivity index (χ1v) is 11.0. The molecule has 0 bridgehead atoms. The Morgan fingerprint density at radius 1 is 0.812 bits per heavy atom. The van der Waals surface area contributed by atoms with Crippen molar-refractivity contribution in [1.82, 2.24) is 0 Å². The average Bonchev–Trinajstić information content (AvgIpc) is 2.40. The van der Waals surface area contributed by atoms with Crippen LogP contribution >= 0.6 is 28.4 Å². The summed E-state index contributed by atoms with van der Waals surface area (Å²) in [7, 11) is 1.44. The fraction of sp³-hybridized carbons (Fsp3) is 1.00. The van der Waals surface area contributed by atoms with Gasteiger partial charge in [0, 0.05) is 11.3 Å². The van der Waals surface area contributed by atoms with E-state index in [1.165, 1.54) is 74.6 Å². The summed E-state index contributed by atoms with van der Waals surface area (Å²) in [5.41, 5.74) is 0.985. The summed E-state index contributed by atoms with van der Waals surface area (Å²) in [6, 6.07) is 0. The minimum absolute atomic E-state index is 0.492. The number of hydrogen-bond acceptors (Lipinski definition) is 3. The van der Waals surface area contributed by atoms with E-state index in [1.54, 1.807) is 0 Å². The first kappa shape index (κ1) is 13.4. The molecule has 0 unspecified atom stereocenters. The second-order valence-corrected chi connectivity index (χ2v) is 11.9. The topological polar surface area (TPSA) is 17.1 Å². The highest BCUT2D eigenvalue weighted by atomic mass is 33.3. The summed E-state index contributed by atoms with van der Waals surface area (Å²) in [6.07, 6.45) is 10.6. The van der Waals surface area contributed by atoms with Crippen LogP contribution in [0.1, 0.15) is 64.2 Å². The van der Waals surface area contributed by atoms with Crippen molar-refractivity contribution in [2.45, 2.75) is 75.5 Å². The van der Waals surface area contributed by atoms with Crippen LogP contribution in [0.3, 0.4) is 0 Å². The lowest BCUT2D eigenvalue weighted by molar-refractivity contribution is 0.456. The van der Waals surface area contributed by atoms with Crippen molar-refractivity contribution in [3.8, 4) is 0 Å². The summed E-state index contributed by atoms with van der Waals surface area (Å²) >= 11 is 4.38. The largest absolute Gasteiger partial charge is 0.311 e. The molecule has 0 saturated heterocycles. The molecule has 0 aromatic carbocycles. The van der Waals surface area contributed by atoms with Gasteiger partial charge in [-0.25, -0.2) is 0 Å². The molecule has 0 heterocycles. The van der Waals surface area contributed by atoms with Gasteiger partial charge in [-0.1, -0.05) is 38.5 Å². The van der Waals surface area contributed by atoms with E-state index in [1.807, 2.05) is 0 Å². The molecule has 2 fully saturated rings. The van der Waals surface area contributed by atoms with Crippen molar-refractivity contribution in [2.75, 3.05) is 0 Å². The summed E-state index contributed by atoms with van der Waals surface area (Å²) in [6.45, 7) is 0. The molecule has 0 aromatic rings. The smallest absolute Gasteiger partial charge is 0.154 e. The SMILES string of the molecule is O=P(SS)(C1CCCCC1)C1CCCCC1. The van der Waals surface area contributed by atoms with Gasteiger partial charge in [-0.15, -0.1) is 11.7 Å². The fourth-order valence-corrected chi connectivity index (χ4v) is 10.8. The molecule has 0 N–H and O–H groups in total. The van der Waals surface area contributed by atoms with Crippen molar-refractivity contribution in [3.05, 3.63) is 0 Å². The average molecular weight is 278 g/mol. The van der Waals surface area contributed by atoms with Crippen LogP contribution < -0.4 is 0 Å². The normalized spacial score (nSPS) is 25.8. The third kappa shape index (κ3) is 2.84. The molecule has 1 nitrogen and oxygen atoms in total. The molecule has 2 saturated carbocycles. The monoisotopic (exact) mass is 278 g/mol. The van der Waals surface area contributed by atoms with Crippen LogP contribution in [0.2, 0.25) is 0 Å². The summed E-state index contributed by atoms with van der Waals surface area (Å²) in [5, 5.41) is 0. The molecule has 0 atom stereocenters. The summed E-state index contributed by atoms with van der Waals surface area (Å²) in [4.78, 5) is 0. The van der Waals surface area contributed by atoms with Gasteiger partial charge >= 0.3 is 0 Å². The van der Waals surface area contributed by atoms with Gasteiger partial charge in [0.1, 0.15) is 0 Å². The van der Waals surface area contributed by atoms with Gasteiger partial charge in [-0.05, 0) is 36.1 Å². The first-order chi connectivity index (χ1) is 7.77. The third-order valence-electron chi connectivity index (χ3n) is 4.29. The molecular weight excluding hydrogens is 255 g/mol. The lowest BCUT2D eigenvalue weighted by Gasteiger charge is -2.36.